The number of ether oxygens (including phenoxy) is 1. The largest absolute Gasteiger partial charge is 0.444 e. The zero-order valence-electron chi connectivity index (χ0n) is 17.2. The maximum absolute atomic E-state index is 12.4. The molecule has 0 bridgehead atoms. The first kappa shape index (κ1) is 20.3. The number of hydrogen-bond acceptors (Lipinski definition) is 6. The van der Waals surface area contributed by atoms with E-state index in [-0.39, 0.29) is 6.09 Å². The third-order valence-corrected chi connectivity index (χ3v) is 4.94. The van der Waals surface area contributed by atoms with E-state index < -0.39 is 11.1 Å². The van der Waals surface area contributed by atoms with Crippen LogP contribution in [0.3, 0.4) is 0 Å². The van der Waals surface area contributed by atoms with Crippen molar-refractivity contribution in [3.8, 4) is 0 Å². The molecule has 3 rings (SSSR count). The van der Waals surface area contributed by atoms with Crippen LogP contribution < -0.4 is 5.32 Å². The van der Waals surface area contributed by atoms with Crippen molar-refractivity contribution >= 4 is 6.09 Å². The molecule has 1 N–H and O–H groups in total. The van der Waals surface area contributed by atoms with Gasteiger partial charge in [-0.25, -0.2) is 4.79 Å². The molecule has 2 heterocycles. The molecule has 1 saturated heterocycles. The number of benzene rings is 1. The second-order valence-corrected chi connectivity index (χ2v) is 8.35. The van der Waals surface area contributed by atoms with E-state index in [1.807, 2.05) is 39.0 Å². The molecule has 2 aromatic rings. The van der Waals surface area contributed by atoms with Crippen LogP contribution in [0.4, 0.5) is 4.79 Å². The summed E-state index contributed by atoms with van der Waals surface area (Å²) in [4.78, 5) is 18.6. The number of aryl methyl sites for hydroxylation is 1. The molecule has 1 aliphatic heterocycles. The number of piperidine rings is 1. The monoisotopic (exact) mass is 386 g/mol. The highest BCUT2D eigenvalue weighted by Gasteiger charge is 2.41. The number of nitrogens with one attached hydrogen (secondary N) is 1. The predicted octanol–water partition coefficient (Wildman–Crippen LogP) is 3.44. The molecular weight excluding hydrogens is 356 g/mol. The number of carbonyl (C=O) groups is 1. The first-order valence-corrected chi connectivity index (χ1v) is 9.85. The van der Waals surface area contributed by atoms with Gasteiger partial charge in [0.25, 0.3) is 0 Å². The van der Waals surface area contributed by atoms with E-state index in [9.17, 15) is 4.79 Å². The van der Waals surface area contributed by atoms with Crippen molar-refractivity contribution in [2.75, 3.05) is 19.6 Å². The Morgan fingerprint density at radius 2 is 1.93 bits per heavy atom. The van der Waals surface area contributed by atoms with Crippen molar-refractivity contribution in [3.63, 3.8) is 0 Å². The van der Waals surface area contributed by atoms with Gasteiger partial charge in [-0.3, -0.25) is 0 Å². The normalized spacial score (nSPS) is 16.8. The zero-order chi connectivity index (χ0) is 20.2. The van der Waals surface area contributed by atoms with Gasteiger partial charge in [0.2, 0.25) is 5.89 Å². The maximum atomic E-state index is 12.4. The molecule has 1 amide bonds. The fourth-order valence-corrected chi connectivity index (χ4v) is 3.46. The number of amides is 1. The van der Waals surface area contributed by atoms with E-state index in [1.165, 1.54) is 5.56 Å². The minimum atomic E-state index is -0.496. The summed E-state index contributed by atoms with van der Waals surface area (Å²) in [6.07, 6.45) is 2.06. The highest BCUT2D eigenvalue weighted by molar-refractivity contribution is 5.68. The minimum Gasteiger partial charge on any atom is -0.444 e. The third kappa shape index (κ3) is 5.10. The molecule has 0 unspecified atom stereocenters. The Bertz CT molecular complexity index is 774. The van der Waals surface area contributed by atoms with Gasteiger partial charge in [0, 0.05) is 26.6 Å². The van der Waals surface area contributed by atoms with Gasteiger partial charge in [0.05, 0.1) is 5.54 Å². The van der Waals surface area contributed by atoms with Crippen LogP contribution >= 0.6 is 0 Å². The lowest BCUT2D eigenvalue weighted by Gasteiger charge is -2.40. The average molecular weight is 386 g/mol. The van der Waals surface area contributed by atoms with Crippen molar-refractivity contribution < 1.29 is 14.1 Å². The fourth-order valence-electron chi connectivity index (χ4n) is 3.46. The predicted molar refractivity (Wildman–Crippen MR) is 106 cm³/mol. The third-order valence-electron chi connectivity index (χ3n) is 4.94. The van der Waals surface area contributed by atoms with E-state index >= 15 is 0 Å². The van der Waals surface area contributed by atoms with Crippen molar-refractivity contribution in [2.24, 2.45) is 0 Å². The molecule has 7 nitrogen and oxygen atoms in total. The molecule has 28 heavy (non-hydrogen) atoms. The Balaban J connectivity index is 1.66. The van der Waals surface area contributed by atoms with Gasteiger partial charge in [-0.2, -0.15) is 4.98 Å². The fraction of sp³-hybridized carbons (Fsp3) is 0.571. The Morgan fingerprint density at radius 1 is 1.25 bits per heavy atom. The molecular formula is C21H30N4O3. The van der Waals surface area contributed by atoms with Gasteiger partial charge in [-0.05, 0) is 45.6 Å². The van der Waals surface area contributed by atoms with Crippen molar-refractivity contribution in [1.29, 1.82) is 0 Å². The van der Waals surface area contributed by atoms with Crippen LogP contribution in [0.2, 0.25) is 0 Å². The van der Waals surface area contributed by atoms with Crippen LogP contribution in [-0.4, -0.2) is 46.4 Å². The van der Waals surface area contributed by atoms with Crippen LogP contribution in [0.25, 0.3) is 0 Å². The standard InChI is InChI=1S/C21H30N4O3/c1-16-23-18(24-28-16)21(22-13-10-17-8-6-5-7-9-17)11-14-25(15-12-21)19(26)27-20(2,3)4/h5-9,22H,10-15H2,1-4H3. The Kier molecular flexibility index (Phi) is 6.03. The number of hydrogen-bond donors (Lipinski definition) is 1. The summed E-state index contributed by atoms with van der Waals surface area (Å²) in [5.74, 6) is 1.22. The first-order chi connectivity index (χ1) is 13.3. The van der Waals surface area contributed by atoms with Crippen LogP contribution in [0, 0.1) is 6.92 Å². The Morgan fingerprint density at radius 3 is 2.50 bits per heavy atom. The van der Waals surface area contributed by atoms with Gasteiger partial charge < -0.3 is 19.5 Å². The van der Waals surface area contributed by atoms with Crippen molar-refractivity contribution in [2.45, 2.75) is 58.1 Å². The maximum Gasteiger partial charge on any atom is 0.410 e. The SMILES string of the molecule is Cc1nc(C2(NCCc3ccccc3)CCN(C(=O)OC(C)(C)C)CC2)no1. The Hall–Kier alpha value is -2.41. The summed E-state index contributed by atoms with van der Waals surface area (Å²) in [7, 11) is 0. The van der Waals surface area contributed by atoms with Gasteiger partial charge >= 0.3 is 6.09 Å². The van der Waals surface area contributed by atoms with Crippen molar-refractivity contribution in [3.05, 3.63) is 47.6 Å². The van der Waals surface area contributed by atoms with Crippen LogP contribution in [-0.2, 0) is 16.7 Å². The molecule has 152 valence electrons. The summed E-state index contributed by atoms with van der Waals surface area (Å²) in [6, 6.07) is 10.4. The lowest BCUT2D eigenvalue weighted by Crippen LogP contribution is -2.54. The van der Waals surface area contributed by atoms with Gasteiger partial charge in [-0.1, -0.05) is 35.5 Å². The topological polar surface area (TPSA) is 80.5 Å². The first-order valence-electron chi connectivity index (χ1n) is 9.85. The molecule has 1 aromatic carbocycles. The summed E-state index contributed by atoms with van der Waals surface area (Å²) < 4.78 is 10.8. The van der Waals surface area contributed by atoms with Gasteiger partial charge in [0.1, 0.15) is 5.60 Å². The van der Waals surface area contributed by atoms with E-state index in [0.29, 0.717) is 37.6 Å². The zero-order valence-corrected chi connectivity index (χ0v) is 17.2. The lowest BCUT2D eigenvalue weighted by atomic mass is 9.86. The van der Waals surface area contributed by atoms with E-state index in [0.717, 1.165) is 13.0 Å². The molecule has 1 fully saturated rings. The second kappa shape index (κ2) is 8.31. The summed E-state index contributed by atoms with van der Waals surface area (Å²) in [6.45, 7) is 9.40. The summed E-state index contributed by atoms with van der Waals surface area (Å²) in [5, 5.41) is 7.84. The minimum absolute atomic E-state index is 0.269. The highest BCUT2D eigenvalue weighted by Crippen LogP contribution is 2.32. The van der Waals surface area contributed by atoms with Crippen LogP contribution in [0.15, 0.2) is 34.9 Å². The van der Waals surface area contributed by atoms with E-state index in [2.05, 4.69) is 27.6 Å². The molecule has 0 aliphatic carbocycles. The molecule has 0 saturated carbocycles. The number of aromatic nitrogens is 2. The molecule has 1 aliphatic rings. The number of likely N-dealkylation sites (tertiary alicyclic amines) is 1. The second-order valence-electron chi connectivity index (χ2n) is 8.35. The molecule has 0 atom stereocenters. The van der Waals surface area contributed by atoms with Gasteiger partial charge in [0.15, 0.2) is 5.82 Å². The van der Waals surface area contributed by atoms with E-state index in [1.54, 1.807) is 11.8 Å². The highest BCUT2D eigenvalue weighted by atomic mass is 16.6. The number of rotatable bonds is 5. The quantitative estimate of drug-likeness (QED) is 0.848. The Labute approximate surface area is 166 Å². The van der Waals surface area contributed by atoms with Gasteiger partial charge in [-0.15, -0.1) is 0 Å². The summed E-state index contributed by atoms with van der Waals surface area (Å²) >= 11 is 0. The molecule has 0 spiro atoms. The molecule has 0 radical (unpaired) electrons. The molecule has 7 heteroatoms. The summed E-state index contributed by atoms with van der Waals surface area (Å²) in [5.41, 5.74) is 0.385. The average Bonchev–Trinajstić information content (AvgIpc) is 3.09. The molecule has 1 aromatic heterocycles. The van der Waals surface area contributed by atoms with Crippen LogP contribution in [0.1, 0.15) is 50.9 Å². The number of nitrogens with zero attached hydrogens (tertiary/aromatic N) is 3. The smallest absolute Gasteiger partial charge is 0.410 e. The van der Waals surface area contributed by atoms with Crippen molar-refractivity contribution in [1.82, 2.24) is 20.4 Å². The lowest BCUT2D eigenvalue weighted by molar-refractivity contribution is 0.0136. The number of carbonyl (C=O) groups excluding carboxylic acids is 1. The van der Waals surface area contributed by atoms with Crippen LogP contribution in [0.5, 0.6) is 0 Å². The van der Waals surface area contributed by atoms with E-state index in [4.69, 9.17) is 9.26 Å².